The average Bonchev–Trinajstić information content (AvgIpc) is 2.15. The lowest BCUT2D eigenvalue weighted by molar-refractivity contribution is -0.384. The number of nitro groups is 1. The molecule has 0 fully saturated rings. The van der Waals surface area contributed by atoms with Crippen LogP contribution in [0.2, 0.25) is 10.0 Å². The van der Waals surface area contributed by atoms with Gasteiger partial charge in [-0.2, -0.15) is 5.10 Å². The van der Waals surface area contributed by atoms with Crippen molar-refractivity contribution in [1.82, 2.24) is 0 Å². The number of halogens is 2. The highest BCUT2D eigenvalue weighted by atomic mass is 35.5. The van der Waals surface area contributed by atoms with Crippen molar-refractivity contribution < 1.29 is 4.92 Å². The molecule has 0 spiro atoms. The predicted octanol–water partition coefficient (Wildman–Crippen LogP) is 3.71. The zero-order valence-electron chi connectivity index (χ0n) is 8.62. The maximum atomic E-state index is 10.6. The van der Waals surface area contributed by atoms with Crippen LogP contribution in [0.3, 0.4) is 0 Å². The third-order valence-electron chi connectivity index (χ3n) is 1.63. The third-order valence-corrected chi connectivity index (χ3v) is 2.25. The van der Waals surface area contributed by atoms with Crippen molar-refractivity contribution in [2.45, 2.75) is 13.8 Å². The summed E-state index contributed by atoms with van der Waals surface area (Å²) in [5.41, 5.74) is 3.54. The van der Waals surface area contributed by atoms with Crippen molar-refractivity contribution in [2.24, 2.45) is 5.10 Å². The van der Waals surface area contributed by atoms with E-state index in [9.17, 15) is 10.1 Å². The molecule has 0 radical (unpaired) electrons. The van der Waals surface area contributed by atoms with Crippen molar-refractivity contribution in [3.05, 3.63) is 32.3 Å². The first-order chi connectivity index (χ1) is 7.41. The molecule has 1 aromatic carbocycles. The van der Waals surface area contributed by atoms with E-state index in [-0.39, 0.29) is 15.7 Å². The maximum Gasteiger partial charge on any atom is 0.290 e. The van der Waals surface area contributed by atoms with Gasteiger partial charge in [-0.25, -0.2) is 0 Å². The van der Waals surface area contributed by atoms with Gasteiger partial charge in [-0.3, -0.25) is 15.5 Å². The van der Waals surface area contributed by atoms with E-state index in [0.717, 1.165) is 5.71 Å². The van der Waals surface area contributed by atoms with Crippen LogP contribution in [0.25, 0.3) is 0 Å². The Balaban J connectivity index is 3.15. The molecule has 16 heavy (non-hydrogen) atoms. The third kappa shape index (κ3) is 3.08. The largest absolute Gasteiger partial charge is 0.290 e. The number of hydrogen-bond donors (Lipinski definition) is 1. The molecular formula is C9H9Cl2N3O2. The van der Waals surface area contributed by atoms with E-state index < -0.39 is 4.92 Å². The van der Waals surface area contributed by atoms with Crippen LogP contribution in [-0.2, 0) is 0 Å². The van der Waals surface area contributed by atoms with Crippen molar-refractivity contribution >= 4 is 40.3 Å². The van der Waals surface area contributed by atoms with Gasteiger partial charge in [-0.15, -0.1) is 0 Å². The van der Waals surface area contributed by atoms with Gasteiger partial charge >= 0.3 is 0 Å². The van der Waals surface area contributed by atoms with Crippen LogP contribution in [-0.4, -0.2) is 10.6 Å². The topological polar surface area (TPSA) is 67.5 Å². The first kappa shape index (κ1) is 12.7. The second-order valence-electron chi connectivity index (χ2n) is 3.21. The highest BCUT2D eigenvalue weighted by Gasteiger charge is 2.15. The van der Waals surface area contributed by atoms with Crippen molar-refractivity contribution in [1.29, 1.82) is 0 Å². The van der Waals surface area contributed by atoms with Gasteiger partial charge in [-0.1, -0.05) is 23.2 Å². The molecule has 0 aromatic heterocycles. The SMILES string of the molecule is CC(C)=NNc1cc([N+](=O)[O-])c(Cl)cc1Cl. The number of rotatable bonds is 3. The van der Waals surface area contributed by atoms with E-state index in [0.29, 0.717) is 5.69 Å². The lowest BCUT2D eigenvalue weighted by Gasteiger charge is -2.04. The van der Waals surface area contributed by atoms with Crippen LogP contribution < -0.4 is 5.43 Å². The summed E-state index contributed by atoms with van der Waals surface area (Å²) < 4.78 is 0. The zero-order valence-corrected chi connectivity index (χ0v) is 10.1. The smallest absolute Gasteiger partial charge is 0.277 e. The van der Waals surface area contributed by atoms with Crippen molar-refractivity contribution in [2.75, 3.05) is 5.43 Å². The molecule has 0 unspecified atom stereocenters. The Kier molecular flexibility index (Phi) is 4.09. The van der Waals surface area contributed by atoms with Gasteiger partial charge in [0.05, 0.1) is 15.6 Å². The molecular weight excluding hydrogens is 253 g/mol. The number of anilines is 1. The quantitative estimate of drug-likeness (QED) is 0.513. The second kappa shape index (κ2) is 5.14. The van der Waals surface area contributed by atoms with Gasteiger partial charge in [0, 0.05) is 11.8 Å². The number of nitrogens with zero attached hydrogens (tertiary/aromatic N) is 2. The molecule has 0 saturated carbocycles. The minimum Gasteiger partial charge on any atom is -0.277 e. The van der Waals surface area contributed by atoms with E-state index in [1.54, 1.807) is 13.8 Å². The lowest BCUT2D eigenvalue weighted by Crippen LogP contribution is -1.96. The molecule has 0 aliphatic carbocycles. The standard InChI is InChI=1S/C9H9Cl2N3O2/c1-5(2)12-13-8-4-9(14(15)16)7(11)3-6(8)10/h3-4,13H,1-2H3. The van der Waals surface area contributed by atoms with Gasteiger partial charge in [0.2, 0.25) is 0 Å². The van der Waals surface area contributed by atoms with Gasteiger partial charge in [0.25, 0.3) is 5.69 Å². The Bertz CT molecular complexity index is 456. The van der Waals surface area contributed by atoms with Crippen molar-refractivity contribution in [3.63, 3.8) is 0 Å². The molecule has 0 aliphatic rings. The molecule has 5 nitrogen and oxygen atoms in total. The Morgan fingerprint density at radius 3 is 2.50 bits per heavy atom. The van der Waals surface area contributed by atoms with Crippen LogP contribution in [0.5, 0.6) is 0 Å². The van der Waals surface area contributed by atoms with Crippen LogP contribution in [0.1, 0.15) is 13.8 Å². The lowest BCUT2D eigenvalue weighted by atomic mass is 10.3. The molecule has 0 amide bonds. The predicted molar refractivity (Wildman–Crippen MR) is 65.5 cm³/mol. The van der Waals surface area contributed by atoms with Crippen molar-refractivity contribution in [3.8, 4) is 0 Å². The number of benzene rings is 1. The molecule has 0 heterocycles. The van der Waals surface area contributed by atoms with Gasteiger partial charge in [0.15, 0.2) is 0 Å². The molecule has 0 atom stereocenters. The van der Waals surface area contributed by atoms with Crippen LogP contribution in [0.15, 0.2) is 17.2 Å². The fraction of sp³-hybridized carbons (Fsp3) is 0.222. The zero-order chi connectivity index (χ0) is 12.3. The summed E-state index contributed by atoms with van der Waals surface area (Å²) >= 11 is 11.5. The fourth-order valence-corrected chi connectivity index (χ4v) is 1.43. The van der Waals surface area contributed by atoms with Crippen LogP contribution >= 0.6 is 23.2 Å². The Morgan fingerprint density at radius 1 is 1.38 bits per heavy atom. The van der Waals surface area contributed by atoms with E-state index >= 15 is 0 Å². The summed E-state index contributed by atoms with van der Waals surface area (Å²) in [4.78, 5) is 10.1. The number of hydrogen-bond acceptors (Lipinski definition) is 4. The van der Waals surface area contributed by atoms with Gasteiger partial charge < -0.3 is 0 Å². The molecule has 0 bridgehead atoms. The number of hydrazone groups is 1. The van der Waals surface area contributed by atoms with E-state index in [1.807, 2.05) is 0 Å². The normalized spacial score (nSPS) is 9.75. The van der Waals surface area contributed by atoms with E-state index in [2.05, 4.69) is 10.5 Å². The first-order valence-electron chi connectivity index (χ1n) is 4.32. The summed E-state index contributed by atoms with van der Waals surface area (Å²) in [7, 11) is 0. The van der Waals surface area contributed by atoms with E-state index in [1.165, 1.54) is 12.1 Å². The van der Waals surface area contributed by atoms with Gasteiger partial charge in [0.1, 0.15) is 5.02 Å². The van der Waals surface area contributed by atoms with Gasteiger partial charge in [-0.05, 0) is 19.9 Å². The number of nitrogens with one attached hydrogen (secondary N) is 1. The van der Waals surface area contributed by atoms with Crippen LogP contribution in [0.4, 0.5) is 11.4 Å². The summed E-state index contributed by atoms with van der Waals surface area (Å²) in [5.74, 6) is 0. The monoisotopic (exact) mass is 261 g/mol. The summed E-state index contributed by atoms with van der Waals surface area (Å²) in [6.07, 6.45) is 0. The molecule has 1 aromatic rings. The van der Waals surface area contributed by atoms with Crippen LogP contribution in [0, 0.1) is 10.1 Å². The minimum atomic E-state index is -0.577. The molecule has 1 N–H and O–H groups in total. The molecule has 7 heteroatoms. The molecule has 86 valence electrons. The molecule has 0 aliphatic heterocycles. The second-order valence-corrected chi connectivity index (χ2v) is 4.03. The maximum absolute atomic E-state index is 10.6. The molecule has 1 rings (SSSR count). The minimum absolute atomic E-state index is 0.00208. The summed E-state index contributed by atoms with van der Waals surface area (Å²) in [6.45, 7) is 3.57. The fourth-order valence-electron chi connectivity index (χ4n) is 0.935. The summed E-state index contributed by atoms with van der Waals surface area (Å²) in [5, 5.41) is 14.8. The highest BCUT2D eigenvalue weighted by Crippen LogP contribution is 2.33. The highest BCUT2D eigenvalue weighted by molar-refractivity contribution is 6.37. The Labute approximate surface area is 102 Å². The van der Waals surface area contributed by atoms with E-state index in [4.69, 9.17) is 23.2 Å². The summed E-state index contributed by atoms with van der Waals surface area (Å²) in [6, 6.07) is 2.56. The first-order valence-corrected chi connectivity index (χ1v) is 5.07. The molecule has 0 saturated heterocycles. The average molecular weight is 262 g/mol. The Morgan fingerprint density at radius 2 is 2.00 bits per heavy atom. The Hall–Kier alpha value is -1.33. The number of nitro benzene ring substituents is 1.